The van der Waals surface area contributed by atoms with Crippen molar-refractivity contribution in [1.29, 1.82) is 0 Å². The Balaban J connectivity index is 1.77. The van der Waals surface area contributed by atoms with Crippen molar-refractivity contribution in [3.8, 4) is 11.5 Å². The first-order valence-electron chi connectivity index (χ1n) is 9.33. The fourth-order valence-electron chi connectivity index (χ4n) is 2.72. The summed E-state index contributed by atoms with van der Waals surface area (Å²) in [5, 5.41) is 3.35. The molecule has 3 rings (SSSR count). The zero-order valence-electron chi connectivity index (χ0n) is 16.7. The van der Waals surface area contributed by atoms with E-state index in [2.05, 4.69) is 24.1 Å². The highest BCUT2D eigenvalue weighted by atomic mass is 32.2. The van der Waals surface area contributed by atoms with Gasteiger partial charge in [0, 0.05) is 39.9 Å². The Hall–Kier alpha value is -2.99. The van der Waals surface area contributed by atoms with Gasteiger partial charge >= 0.3 is 0 Å². The van der Waals surface area contributed by atoms with Crippen LogP contribution in [0.5, 0.6) is 11.5 Å². The van der Waals surface area contributed by atoms with E-state index in [4.69, 9.17) is 9.47 Å². The summed E-state index contributed by atoms with van der Waals surface area (Å²) < 4.78 is 11.3. The number of nitrogens with zero attached hydrogens (tertiary/aromatic N) is 1. The van der Waals surface area contributed by atoms with Gasteiger partial charge in [0.05, 0.1) is 12.7 Å². The van der Waals surface area contributed by atoms with Crippen LogP contribution in [0.15, 0.2) is 71.9 Å². The summed E-state index contributed by atoms with van der Waals surface area (Å²) in [4.78, 5) is 17.9. The van der Waals surface area contributed by atoms with Gasteiger partial charge in [0.25, 0.3) is 5.91 Å². The van der Waals surface area contributed by atoms with Crippen molar-refractivity contribution in [3.05, 3.63) is 78.1 Å². The molecule has 29 heavy (non-hydrogen) atoms. The summed E-state index contributed by atoms with van der Waals surface area (Å²) in [6.45, 7) is 4.57. The zero-order chi connectivity index (χ0) is 20.6. The molecule has 6 heteroatoms. The van der Waals surface area contributed by atoms with E-state index in [-0.39, 0.29) is 5.91 Å². The first-order chi connectivity index (χ1) is 14.1. The van der Waals surface area contributed by atoms with Crippen LogP contribution in [0.3, 0.4) is 0 Å². The second kappa shape index (κ2) is 9.98. The predicted molar refractivity (Wildman–Crippen MR) is 117 cm³/mol. The zero-order valence-corrected chi connectivity index (χ0v) is 17.5. The van der Waals surface area contributed by atoms with Crippen LogP contribution < -0.4 is 14.8 Å². The number of carbonyl (C=O) groups is 1. The molecule has 0 saturated carbocycles. The van der Waals surface area contributed by atoms with E-state index in [1.807, 2.05) is 36.4 Å². The van der Waals surface area contributed by atoms with Crippen molar-refractivity contribution < 1.29 is 14.3 Å². The van der Waals surface area contributed by atoms with Crippen molar-refractivity contribution in [1.82, 2.24) is 4.98 Å². The Morgan fingerprint density at radius 1 is 1.10 bits per heavy atom. The van der Waals surface area contributed by atoms with Gasteiger partial charge in [0.1, 0.15) is 6.61 Å². The van der Waals surface area contributed by atoms with Crippen LogP contribution in [0.4, 0.5) is 5.69 Å². The summed E-state index contributed by atoms with van der Waals surface area (Å²) in [7, 11) is 1.59. The molecule has 150 valence electrons. The number of ether oxygens (including phenoxy) is 2. The highest BCUT2D eigenvalue weighted by Crippen LogP contribution is 2.32. The number of carbonyl (C=O) groups excluding carboxylic acids is 1. The Kier molecular flexibility index (Phi) is 7.14. The van der Waals surface area contributed by atoms with Gasteiger partial charge in [-0.05, 0) is 30.3 Å². The van der Waals surface area contributed by atoms with Crippen LogP contribution in [0.1, 0.15) is 29.8 Å². The maximum absolute atomic E-state index is 12.9. The number of pyridine rings is 1. The van der Waals surface area contributed by atoms with E-state index in [1.165, 1.54) is 0 Å². The number of hydrogen-bond donors (Lipinski definition) is 1. The number of benzene rings is 2. The molecule has 1 aromatic heterocycles. The van der Waals surface area contributed by atoms with Crippen LogP contribution in [0.2, 0.25) is 0 Å². The lowest BCUT2D eigenvalue weighted by Crippen LogP contribution is -2.13. The van der Waals surface area contributed by atoms with Crippen molar-refractivity contribution in [2.24, 2.45) is 0 Å². The van der Waals surface area contributed by atoms with Gasteiger partial charge in [-0.2, -0.15) is 0 Å². The smallest absolute Gasteiger partial charge is 0.256 e. The van der Waals surface area contributed by atoms with E-state index >= 15 is 0 Å². The topological polar surface area (TPSA) is 60.5 Å². The molecule has 0 fully saturated rings. The van der Waals surface area contributed by atoms with E-state index in [0.29, 0.717) is 34.6 Å². The molecule has 0 aliphatic carbocycles. The molecule has 0 bridgehead atoms. The molecule has 0 radical (unpaired) electrons. The minimum absolute atomic E-state index is 0.155. The van der Waals surface area contributed by atoms with E-state index in [0.717, 1.165) is 10.5 Å². The number of aromatic nitrogens is 1. The highest BCUT2D eigenvalue weighted by Gasteiger charge is 2.14. The van der Waals surface area contributed by atoms with E-state index < -0.39 is 0 Å². The van der Waals surface area contributed by atoms with Crippen molar-refractivity contribution in [3.63, 3.8) is 0 Å². The summed E-state index contributed by atoms with van der Waals surface area (Å²) in [6.07, 6.45) is 3.47. The van der Waals surface area contributed by atoms with Crippen molar-refractivity contribution in [2.75, 3.05) is 12.4 Å². The molecule has 5 nitrogen and oxygen atoms in total. The lowest BCUT2D eigenvalue weighted by molar-refractivity contribution is 0.102. The Labute approximate surface area is 175 Å². The molecule has 1 N–H and O–H groups in total. The first kappa shape index (κ1) is 20.7. The maximum atomic E-state index is 12.9. The molecule has 0 atom stereocenters. The van der Waals surface area contributed by atoms with Crippen LogP contribution in [0.25, 0.3) is 0 Å². The average molecular weight is 409 g/mol. The molecular formula is C23H24N2O3S. The lowest BCUT2D eigenvalue weighted by Gasteiger charge is -2.14. The van der Waals surface area contributed by atoms with Gasteiger partial charge in [-0.3, -0.25) is 9.78 Å². The average Bonchev–Trinajstić information content (AvgIpc) is 2.73. The van der Waals surface area contributed by atoms with Gasteiger partial charge in [-0.1, -0.05) is 32.0 Å². The second-order valence-electron chi connectivity index (χ2n) is 6.63. The largest absolute Gasteiger partial charge is 0.493 e. The van der Waals surface area contributed by atoms with Crippen LogP contribution >= 0.6 is 11.8 Å². The monoisotopic (exact) mass is 408 g/mol. The lowest BCUT2D eigenvalue weighted by atomic mass is 10.2. The quantitative estimate of drug-likeness (QED) is 0.504. The molecule has 0 unspecified atom stereocenters. The third kappa shape index (κ3) is 5.74. The minimum Gasteiger partial charge on any atom is -0.493 e. The molecular weight excluding hydrogens is 384 g/mol. The maximum Gasteiger partial charge on any atom is 0.256 e. The van der Waals surface area contributed by atoms with Crippen LogP contribution in [-0.2, 0) is 6.61 Å². The normalized spacial score (nSPS) is 10.6. The number of amides is 1. The van der Waals surface area contributed by atoms with Crippen LogP contribution in [-0.4, -0.2) is 23.3 Å². The minimum atomic E-state index is -0.155. The molecule has 0 aliphatic rings. The summed E-state index contributed by atoms with van der Waals surface area (Å²) >= 11 is 1.67. The molecule has 3 aromatic rings. The van der Waals surface area contributed by atoms with Gasteiger partial charge in [-0.15, -0.1) is 11.8 Å². The van der Waals surface area contributed by atoms with Gasteiger partial charge in [0.2, 0.25) is 0 Å². The van der Waals surface area contributed by atoms with E-state index in [1.54, 1.807) is 49.5 Å². The third-order valence-corrected chi connectivity index (χ3v) is 5.11. The van der Waals surface area contributed by atoms with Gasteiger partial charge < -0.3 is 14.8 Å². The summed E-state index contributed by atoms with van der Waals surface area (Å²) in [5.74, 6) is 0.999. The Morgan fingerprint density at radius 2 is 1.93 bits per heavy atom. The Bertz CT molecular complexity index is 961. The molecule has 0 spiro atoms. The van der Waals surface area contributed by atoms with Crippen LogP contribution in [0, 0.1) is 0 Å². The molecule has 0 saturated heterocycles. The number of nitrogens with one attached hydrogen (secondary N) is 1. The fourth-order valence-corrected chi connectivity index (χ4v) is 3.67. The van der Waals surface area contributed by atoms with Crippen molar-refractivity contribution in [2.45, 2.75) is 30.6 Å². The molecule has 0 aliphatic heterocycles. The fraction of sp³-hybridized carbons (Fsp3) is 0.217. The standard InChI is InChI=1S/C23H24N2O3S/c1-16(2)29-22-9-5-4-8-19(22)23(26)25-18-10-11-20(27-3)21(13-18)28-15-17-7-6-12-24-14-17/h4-14,16H,15H2,1-3H3,(H,25,26). The predicted octanol–water partition coefficient (Wildman–Crippen LogP) is 5.42. The van der Waals surface area contributed by atoms with E-state index in [9.17, 15) is 4.79 Å². The summed E-state index contributed by atoms with van der Waals surface area (Å²) in [5.41, 5.74) is 2.24. The molecule has 1 heterocycles. The Morgan fingerprint density at radius 3 is 2.66 bits per heavy atom. The number of hydrogen-bond acceptors (Lipinski definition) is 5. The number of methoxy groups -OCH3 is 1. The van der Waals surface area contributed by atoms with Gasteiger partial charge in [-0.25, -0.2) is 0 Å². The van der Waals surface area contributed by atoms with Gasteiger partial charge in [0.15, 0.2) is 11.5 Å². The first-order valence-corrected chi connectivity index (χ1v) is 10.2. The number of thioether (sulfide) groups is 1. The SMILES string of the molecule is COc1ccc(NC(=O)c2ccccc2SC(C)C)cc1OCc1cccnc1. The third-order valence-electron chi connectivity index (χ3n) is 4.03. The van der Waals surface area contributed by atoms with Crippen molar-refractivity contribution >= 4 is 23.4 Å². The molecule has 2 aromatic carbocycles. The highest BCUT2D eigenvalue weighted by molar-refractivity contribution is 8.00. The number of anilines is 1. The number of rotatable bonds is 8. The molecule has 1 amide bonds. The second-order valence-corrected chi connectivity index (χ2v) is 8.25. The summed E-state index contributed by atoms with van der Waals surface area (Å²) in [6, 6.07) is 16.8.